The molecule has 0 amide bonds. The fraction of sp³-hybridized carbons (Fsp3) is 0.400. The van der Waals surface area contributed by atoms with Crippen LogP contribution in [0.25, 0.3) is 0 Å². The van der Waals surface area contributed by atoms with Gasteiger partial charge in [0.05, 0.1) is 6.61 Å². The number of nitrogens with one attached hydrogen (secondary N) is 1. The van der Waals surface area contributed by atoms with Crippen molar-refractivity contribution in [1.82, 2.24) is 14.6 Å². The molecule has 0 aliphatic carbocycles. The molecular formula is C30H35F2N4O10P. The first-order valence-corrected chi connectivity index (χ1v) is 15.9. The molecule has 1 saturated heterocycles. The van der Waals surface area contributed by atoms with E-state index < -0.39 is 68.2 Å². The van der Waals surface area contributed by atoms with Crippen LogP contribution in [-0.4, -0.2) is 58.1 Å². The summed E-state index contributed by atoms with van der Waals surface area (Å²) >= 11 is 0. The lowest BCUT2D eigenvalue weighted by atomic mass is 10.1. The second kappa shape index (κ2) is 14.6. The van der Waals surface area contributed by atoms with E-state index in [2.05, 4.69) is 10.1 Å². The highest BCUT2D eigenvalue weighted by atomic mass is 31.2. The van der Waals surface area contributed by atoms with Crippen LogP contribution in [0.15, 0.2) is 77.7 Å². The zero-order valence-corrected chi connectivity index (χ0v) is 26.8. The SMILES string of the molecule is C[C@H](N[P@@](=O)(OC[C@H]1O[C@@H](n2ccc(N)nc2=O)C(F)(F)[C@@H]1OC(=O)OC(C)(C)C)Oc1ccccc1)C(=O)OCc1ccccc1. The summed E-state index contributed by atoms with van der Waals surface area (Å²) in [5.41, 5.74) is 3.92. The molecule has 1 fully saturated rings. The maximum Gasteiger partial charge on any atom is 0.509 e. The second-order valence-electron chi connectivity index (χ2n) is 11.4. The number of rotatable bonds is 12. The van der Waals surface area contributed by atoms with Gasteiger partial charge in [0, 0.05) is 6.20 Å². The summed E-state index contributed by atoms with van der Waals surface area (Å²) in [6.07, 6.45) is -7.13. The average molecular weight is 681 g/mol. The third-order valence-electron chi connectivity index (χ3n) is 6.37. The molecule has 254 valence electrons. The minimum atomic E-state index is -4.59. The van der Waals surface area contributed by atoms with E-state index in [9.17, 15) is 18.9 Å². The number of hydrogen-bond acceptors (Lipinski definition) is 12. The van der Waals surface area contributed by atoms with Gasteiger partial charge in [0.25, 0.3) is 0 Å². The van der Waals surface area contributed by atoms with Gasteiger partial charge in [0.1, 0.15) is 35.9 Å². The molecule has 17 heteroatoms. The number of alkyl halides is 2. The third kappa shape index (κ3) is 9.58. The summed E-state index contributed by atoms with van der Waals surface area (Å²) in [6.45, 7) is 4.80. The van der Waals surface area contributed by atoms with Gasteiger partial charge in [-0.3, -0.25) is 13.9 Å². The second-order valence-corrected chi connectivity index (χ2v) is 13.1. The number of nitrogen functional groups attached to an aromatic ring is 1. The first-order valence-electron chi connectivity index (χ1n) is 14.3. The van der Waals surface area contributed by atoms with E-state index in [-0.39, 0.29) is 18.2 Å². The van der Waals surface area contributed by atoms with Crippen LogP contribution in [0.3, 0.4) is 0 Å². The van der Waals surface area contributed by atoms with Crippen molar-refractivity contribution in [2.45, 2.75) is 70.3 Å². The Morgan fingerprint density at radius 3 is 2.36 bits per heavy atom. The Morgan fingerprint density at radius 2 is 1.74 bits per heavy atom. The van der Waals surface area contributed by atoms with Crippen LogP contribution in [0.4, 0.5) is 19.4 Å². The van der Waals surface area contributed by atoms with E-state index in [1.807, 2.05) is 0 Å². The van der Waals surface area contributed by atoms with Crippen molar-refractivity contribution >= 4 is 25.7 Å². The topological polar surface area (TPSA) is 180 Å². The molecule has 1 aliphatic rings. The van der Waals surface area contributed by atoms with E-state index >= 15 is 8.78 Å². The van der Waals surface area contributed by atoms with Gasteiger partial charge in [0.2, 0.25) is 12.3 Å². The minimum absolute atomic E-state index is 0.0461. The molecule has 3 N–H and O–H groups in total. The van der Waals surface area contributed by atoms with Gasteiger partial charge in [-0.1, -0.05) is 48.5 Å². The maximum atomic E-state index is 15.9. The van der Waals surface area contributed by atoms with Gasteiger partial charge in [-0.2, -0.15) is 18.9 Å². The van der Waals surface area contributed by atoms with Crippen molar-refractivity contribution in [2.24, 2.45) is 0 Å². The van der Waals surface area contributed by atoms with Crippen LogP contribution in [0.2, 0.25) is 0 Å². The van der Waals surface area contributed by atoms with Crippen molar-refractivity contribution in [3.63, 3.8) is 0 Å². The number of carbonyl (C=O) groups is 2. The number of aromatic nitrogens is 2. The number of para-hydroxylation sites is 1. The highest BCUT2D eigenvalue weighted by molar-refractivity contribution is 7.52. The first-order chi connectivity index (χ1) is 22.1. The number of esters is 1. The number of ether oxygens (including phenoxy) is 4. The molecule has 0 unspecified atom stereocenters. The number of nitrogens with zero attached hydrogens (tertiary/aromatic N) is 2. The molecule has 14 nitrogen and oxygen atoms in total. The normalized spacial score (nSPS) is 20.9. The minimum Gasteiger partial charge on any atom is -0.460 e. The van der Waals surface area contributed by atoms with Gasteiger partial charge < -0.3 is 29.2 Å². The standard InChI is InChI=1S/C30H35F2N4O10P/c1-19(25(37)41-17-20-11-7-5-8-12-20)35-47(40,46-21-13-9-6-10-14-21)42-18-22-24(44-28(39)45-29(2,3)4)30(31,32)26(43-22)36-16-15-23(33)34-27(36)38/h5-16,19,22,24,26H,17-18H2,1-4H3,(H,35,40)(H2,33,34,38)/t19-,22+,24+,26+,47+/m0/s1. The van der Waals surface area contributed by atoms with Gasteiger partial charge in [-0.05, 0) is 51.5 Å². The van der Waals surface area contributed by atoms with Crippen LogP contribution >= 0.6 is 7.75 Å². The highest BCUT2D eigenvalue weighted by Crippen LogP contribution is 2.49. The summed E-state index contributed by atoms with van der Waals surface area (Å²) in [6, 6.07) is 16.3. The lowest BCUT2D eigenvalue weighted by Gasteiger charge is -2.27. The Labute approximate surface area is 268 Å². The monoisotopic (exact) mass is 680 g/mol. The Balaban J connectivity index is 1.58. The van der Waals surface area contributed by atoms with Gasteiger partial charge in [-0.15, -0.1) is 0 Å². The predicted octanol–water partition coefficient (Wildman–Crippen LogP) is 4.60. The largest absolute Gasteiger partial charge is 0.509 e. The van der Waals surface area contributed by atoms with Crippen molar-refractivity contribution in [3.05, 3.63) is 89.0 Å². The molecule has 47 heavy (non-hydrogen) atoms. The molecule has 3 aromatic rings. The van der Waals surface area contributed by atoms with Gasteiger partial charge in [-0.25, -0.2) is 14.2 Å². The van der Waals surface area contributed by atoms with Crippen LogP contribution < -0.4 is 21.0 Å². The van der Waals surface area contributed by atoms with Crippen LogP contribution in [-0.2, 0) is 39.4 Å². The molecule has 4 rings (SSSR count). The summed E-state index contributed by atoms with van der Waals surface area (Å²) in [5.74, 6) is -5.07. The number of hydrogen-bond donors (Lipinski definition) is 2. The molecule has 0 saturated carbocycles. The van der Waals surface area contributed by atoms with Crippen molar-refractivity contribution in [2.75, 3.05) is 12.3 Å². The number of benzene rings is 2. The van der Waals surface area contributed by atoms with Crippen LogP contribution in [0, 0.1) is 0 Å². The van der Waals surface area contributed by atoms with Crippen LogP contribution in [0.1, 0.15) is 39.5 Å². The predicted molar refractivity (Wildman–Crippen MR) is 162 cm³/mol. The molecule has 0 radical (unpaired) electrons. The summed E-state index contributed by atoms with van der Waals surface area (Å²) in [4.78, 5) is 41.2. The third-order valence-corrected chi connectivity index (χ3v) is 8.02. The molecule has 2 aromatic carbocycles. The van der Waals surface area contributed by atoms with E-state index in [0.717, 1.165) is 12.3 Å². The van der Waals surface area contributed by atoms with E-state index in [1.54, 1.807) is 48.5 Å². The fourth-order valence-electron chi connectivity index (χ4n) is 4.26. The molecular weight excluding hydrogens is 645 g/mol. The van der Waals surface area contributed by atoms with Crippen molar-refractivity contribution < 1.29 is 50.9 Å². The number of carbonyl (C=O) groups excluding carboxylic acids is 2. The Hall–Kier alpha value is -4.37. The molecule has 1 aliphatic heterocycles. The molecule has 0 spiro atoms. The Morgan fingerprint density at radius 1 is 1.11 bits per heavy atom. The molecule has 0 bridgehead atoms. The summed E-state index contributed by atoms with van der Waals surface area (Å²) < 4.78 is 78.2. The van der Waals surface area contributed by atoms with Crippen molar-refractivity contribution in [1.29, 1.82) is 0 Å². The van der Waals surface area contributed by atoms with E-state index in [4.69, 9.17) is 33.7 Å². The maximum absolute atomic E-state index is 15.9. The molecule has 2 heterocycles. The lowest BCUT2D eigenvalue weighted by molar-refractivity contribution is -0.149. The summed E-state index contributed by atoms with van der Waals surface area (Å²) in [7, 11) is -4.59. The summed E-state index contributed by atoms with van der Waals surface area (Å²) in [5, 5.41) is 2.45. The Kier molecular flexibility index (Phi) is 11.0. The molecule has 1 aromatic heterocycles. The number of anilines is 1. The van der Waals surface area contributed by atoms with Gasteiger partial charge >= 0.3 is 31.5 Å². The zero-order chi connectivity index (χ0) is 34.4. The zero-order valence-electron chi connectivity index (χ0n) is 25.9. The fourth-order valence-corrected chi connectivity index (χ4v) is 5.76. The average Bonchev–Trinajstić information content (AvgIpc) is 3.23. The van der Waals surface area contributed by atoms with E-state index in [0.29, 0.717) is 10.1 Å². The van der Waals surface area contributed by atoms with Gasteiger partial charge in [0.15, 0.2) is 0 Å². The quantitative estimate of drug-likeness (QED) is 0.200. The van der Waals surface area contributed by atoms with Crippen LogP contribution in [0.5, 0.6) is 5.75 Å². The molecule has 5 atom stereocenters. The lowest BCUT2D eigenvalue weighted by Crippen LogP contribution is -2.45. The van der Waals surface area contributed by atoms with E-state index in [1.165, 1.54) is 39.8 Å². The van der Waals surface area contributed by atoms with Crippen molar-refractivity contribution in [3.8, 4) is 5.75 Å². The smallest absolute Gasteiger partial charge is 0.460 e. The Bertz CT molecular complexity index is 1640. The number of nitrogens with two attached hydrogens (primary N) is 1. The first kappa shape index (κ1) is 35.5. The number of halogens is 2. The highest BCUT2D eigenvalue weighted by Gasteiger charge is 2.63.